The minimum Gasteiger partial charge on any atom is -0.456 e. The van der Waals surface area contributed by atoms with Crippen molar-refractivity contribution in [3.05, 3.63) is 57.6 Å². The van der Waals surface area contributed by atoms with Gasteiger partial charge in [0.1, 0.15) is 17.8 Å². The first-order valence-electron chi connectivity index (χ1n) is 5.29. The molecule has 0 heterocycles. The lowest BCUT2D eigenvalue weighted by atomic mass is 10.1. The normalized spacial score (nSPS) is 10.2. The second kappa shape index (κ2) is 5.42. The first-order chi connectivity index (χ1) is 8.60. The van der Waals surface area contributed by atoms with Crippen LogP contribution >= 0.6 is 23.2 Å². The van der Waals surface area contributed by atoms with Crippen LogP contribution < -0.4 is 4.74 Å². The summed E-state index contributed by atoms with van der Waals surface area (Å²) in [7, 11) is 0. The molecule has 18 heavy (non-hydrogen) atoms. The molecule has 0 aliphatic carbocycles. The maximum Gasteiger partial charge on any atom is 0.150 e. The second-order valence-corrected chi connectivity index (χ2v) is 4.66. The number of benzene rings is 2. The van der Waals surface area contributed by atoms with Crippen LogP contribution in [0, 0.1) is 6.92 Å². The van der Waals surface area contributed by atoms with E-state index in [4.69, 9.17) is 27.9 Å². The number of hydrogen-bond acceptors (Lipinski definition) is 2. The molecule has 0 amide bonds. The first-order valence-corrected chi connectivity index (χ1v) is 6.04. The minimum absolute atomic E-state index is 0.446. The van der Waals surface area contributed by atoms with Gasteiger partial charge in [-0.15, -0.1) is 0 Å². The van der Waals surface area contributed by atoms with Gasteiger partial charge in [0, 0.05) is 10.6 Å². The molecule has 0 saturated heterocycles. The van der Waals surface area contributed by atoms with Crippen molar-refractivity contribution in [1.29, 1.82) is 0 Å². The SMILES string of the molecule is Cc1cc(C=O)ccc1Oc1ccc(Cl)cc1Cl. The number of rotatable bonds is 3. The van der Waals surface area contributed by atoms with E-state index in [1.807, 2.05) is 6.92 Å². The van der Waals surface area contributed by atoms with Crippen molar-refractivity contribution in [2.75, 3.05) is 0 Å². The minimum atomic E-state index is 0.446. The number of carbonyl (C=O) groups is 1. The van der Waals surface area contributed by atoms with Crippen molar-refractivity contribution in [3.8, 4) is 11.5 Å². The summed E-state index contributed by atoms with van der Waals surface area (Å²) in [5.74, 6) is 1.19. The summed E-state index contributed by atoms with van der Waals surface area (Å²) >= 11 is 11.8. The topological polar surface area (TPSA) is 26.3 Å². The second-order valence-electron chi connectivity index (χ2n) is 3.82. The summed E-state index contributed by atoms with van der Waals surface area (Å²) in [5.41, 5.74) is 1.48. The molecule has 0 spiro atoms. The largest absolute Gasteiger partial charge is 0.456 e. The maximum atomic E-state index is 10.6. The monoisotopic (exact) mass is 280 g/mol. The highest BCUT2D eigenvalue weighted by Crippen LogP contribution is 2.33. The Hall–Kier alpha value is -1.51. The fraction of sp³-hybridized carbons (Fsp3) is 0.0714. The first kappa shape index (κ1) is 12.9. The van der Waals surface area contributed by atoms with Gasteiger partial charge in [-0.05, 0) is 48.9 Å². The Labute approximate surface area is 115 Å². The van der Waals surface area contributed by atoms with E-state index in [9.17, 15) is 4.79 Å². The van der Waals surface area contributed by atoms with Crippen molar-refractivity contribution in [2.45, 2.75) is 6.92 Å². The standard InChI is InChI=1S/C14H10Cl2O2/c1-9-6-10(8-17)2-4-13(9)18-14-5-3-11(15)7-12(14)16/h2-8H,1H3. The fourth-order valence-corrected chi connectivity index (χ4v) is 1.98. The highest BCUT2D eigenvalue weighted by molar-refractivity contribution is 6.35. The molecule has 0 unspecified atom stereocenters. The summed E-state index contributed by atoms with van der Waals surface area (Å²) in [5, 5.41) is 1.00. The summed E-state index contributed by atoms with van der Waals surface area (Å²) in [6.45, 7) is 1.87. The van der Waals surface area contributed by atoms with E-state index < -0.39 is 0 Å². The Morgan fingerprint density at radius 1 is 1.06 bits per heavy atom. The molecular weight excluding hydrogens is 271 g/mol. The predicted octanol–water partition coefficient (Wildman–Crippen LogP) is 4.91. The lowest BCUT2D eigenvalue weighted by Crippen LogP contribution is -1.90. The van der Waals surface area contributed by atoms with Gasteiger partial charge >= 0.3 is 0 Å². The molecule has 0 saturated carbocycles. The Bertz CT molecular complexity index is 594. The van der Waals surface area contributed by atoms with Crippen LogP contribution in [0.1, 0.15) is 15.9 Å². The van der Waals surface area contributed by atoms with E-state index in [1.54, 1.807) is 36.4 Å². The molecule has 0 aromatic heterocycles. The number of aldehydes is 1. The number of aryl methyl sites for hydroxylation is 1. The van der Waals surface area contributed by atoms with Crippen LogP contribution in [0.4, 0.5) is 0 Å². The molecule has 0 atom stereocenters. The molecule has 0 aliphatic rings. The van der Waals surface area contributed by atoms with Gasteiger partial charge in [-0.1, -0.05) is 23.2 Å². The van der Waals surface area contributed by atoms with Gasteiger partial charge in [0.2, 0.25) is 0 Å². The van der Waals surface area contributed by atoms with E-state index in [0.29, 0.717) is 27.1 Å². The summed E-state index contributed by atoms with van der Waals surface area (Å²) in [4.78, 5) is 10.6. The molecule has 2 rings (SSSR count). The van der Waals surface area contributed by atoms with Crippen molar-refractivity contribution >= 4 is 29.5 Å². The average molecular weight is 281 g/mol. The highest BCUT2D eigenvalue weighted by atomic mass is 35.5. The number of hydrogen-bond donors (Lipinski definition) is 0. The van der Waals surface area contributed by atoms with E-state index in [1.165, 1.54) is 0 Å². The summed E-state index contributed by atoms with van der Waals surface area (Å²) in [6, 6.07) is 10.2. The number of ether oxygens (including phenoxy) is 1. The Morgan fingerprint density at radius 2 is 1.78 bits per heavy atom. The zero-order valence-corrected chi connectivity index (χ0v) is 11.1. The zero-order valence-electron chi connectivity index (χ0n) is 9.61. The summed E-state index contributed by atoms with van der Waals surface area (Å²) < 4.78 is 5.69. The third-order valence-electron chi connectivity index (χ3n) is 2.45. The van der Waals surface area contributed by atoms with Crippen molar-refractivity contribution in [1.82, 2.24) is 0 Å². The van der Waals surface area contributed by atoms with Gasteiger partial charge in [0.25, 0.3) is 0 Å². The van der Waals surface area contributed by atoms with E-state index in [0.717, 1.165) is 11.8 Å². The van der Waals surface area contributed by atoms with Gasteiger partial charge < -0.3 is 4.74 Å². The fourth-order valence-electron chi connectivity index (χ4n) is 1.54. The van der Waals surface area contributed by atoms with Crippen LogP contribution in [0.3, 0.4) is 0 Å². The van der Waals surface area contributed by atoms with Gasteiger partial charge in [-0.3, -0.25) is 4.79 Å². The molecule has 2 aromatic carbocycles. The molecular formula is C14H10Cl2O2. The van der Waals surface area contributed by atoms with Crippen LogP contribution in [0.5, 0.6) is 11.5 Å². The molecule has 0 radical (unpaired) electrons. The average Bonchev–Trinajstić information content (AvgIpc) is 2.34. The van der Waals surface area contributed by atoms with Crippen LogP contribution in [0.25, 0.3) is 0 Å². The van der Waals surface area contributed by atoms with Gasteiger partial charge in [-0.2, -0.15) is 0 Å². The van der Waals surface area contributed by atoms with Crippen LogP contribution in [0.15, 0.2) is 36.4 Å². The number of carbonyl (C=O) groups excluding carboxylic acids is 1. The van der Waals surface area contributed by atoms with Gasteiger partial charge in [0.05, 0.1) is 5.02 Å². The number of halogens is 2. The van der Waals surface area contributed by atoms with E-state index in [-0.39, 0.29) is 0 Å². The van der Waals surface area contributed by atoms with Gasteiger partial charge in [0.15, 0.2) is 0 Å². The summed E-state index contributed by atoms with van der Waals surface area (Å²) in [6.07, 6.45) is 0.798. The Balaban J connectivity index is 2.31. The quantitative estimate of drug-likeness (QED) is 0.747. The lowest BCUT2D eigenvalue weighted by molar-refractivity contribution is 0.112. The van der Waals surface area contributed by atoms with Crippen LogP contribution in [-0.2, 0) is 0 Å². The van der Waals surface area contributed by atoms with Gasteiger partial charge in [-0.25, -0.2) is 0 Å². The highest BCUT2D eigenvalue weighted by Gasteiger charge is 2.06. The molecule has 0 N–H and O–H groups in total. The molecule has 92 valence electrons. The molecule has 4 heteroatoms. The molecule has 0 aliphatic heterocycles. The third-order valence-corrected chi connectivity index (χ3v) is 2.98. The Morgan fingerprint density at radius 3 is 2.39 bits per heavy atom. The van der Waals surface area contributed by atoms with Crippen LogP contribution in [0.2, 0.25) is 10.0 Å². The van der Waals surface area contributed by atoms with Crippen molar-refractivity contribution in [3.63, 3.8) is 0 Å². The lowest BCUT2D eigenvalue weighted by Gasteiger charge is -2.10. The van der Waals surface area contributed by atoms with E-state index in [2.05, 4.69) is 0 Å². The van der Waals surface area contributed by atoms with Crippen LogP contribution in [-0.4, -0.2) is 6.29 Å². The van der Waals surface area contributed by atoms with Crippen molar-refractivity contribution in [2.24, 2.45) is 0 Å². The van der Waals surface area contributed by atoms with E-state index >= 15 is 0 Å². The van der Waals surface area contributed by atoms with Crippen molar-refractivity contribution < 1.29 is 9.53 Å². The smallest absolute Gasteiger partial charge is 0.150 e. The third kappa shape index (κ3) is 2.84. The zero-order chi connectivity index (χ0) is 13.1. The maximum absolute atomic E-state index is 10.6. The predicted molar refractivity (Wildman–Crippen MR) is 73.1 cm³/mol. The molecule has 0 fully saturated rings. The molecule has 2 nitrogen and oxygen atoms in total. The molecule has 2 aromatic rings. The molecule has 0 bridgehead atoms. The Kier molecular flexibility index (Phi) is 3.90.